The van der Waals surface area contributed by atoms with E-state index in [9.17, 15) is 0 Å². The fourth-order valence-electron chi connectivity index (χ4n) is 6.25. The van der Waals surface area contributed by atoms with Gasteiger partial charge >= 0.3 is 0 Å². The highest BCUT2D eigenvalue weighted by Gasteiger charge is 2.19. The molecule has 2 aromatic heterocycles. The van der Waals surface area contributed by atoms with Crippen molar-refractivity contribution in [2.24, 2.45) is 0 Å². The summed E-state index contributed by atoms with van der Waals surface area (Å²) in [4.78, 5) is 7.10. The summed E-state index contributed by atoms with van der Waals surface area (Å²) < 4.78 is 12.6. The highest BCUT2D eigenvalue weighted by molar-refractivity contribution is 6.15. The molecule has 7 aromatic carbocycles. The molecular weight excluding hydrogens is 528 g/mol. The van der Waals surface area contributed by atoms with E-state index in [1.807, 2.05) is 36.4 Å². The Balaban J connectivity index is 1.24. The van der Waals surface area contributed by atoms with Gasteiger partial charge in [0.15, 0.2) is 5.58 Å². The zero-order valence-corrected chi connectivity index (χ0v) is 23.1. The van der Waals surface area contributed by atoms with Gasteiger partial charge in [-0.3, -0.25) is 0 Å². The van der Waals surface area contributed by atoms with E-state index in [2.05, 4.69) is 114 Å². The monoisotopic (exact) mass is 552 g/mol. The SMILES string of the molecule is c1ccc(-c2nc3cc4c(cc3o2)oc2cc(N(c3ccccc3)c3cc5ccccc5c5ccccc35)ccc24)cc1. The van der Waals surface area contributed by atoms with Crippen molar-refractivity contribution in [2.75, 3.05) is 4.90 Å². The molecule has 2 heterocycles. The summed E-state index contributed by atoms with van der Waals surface area (Å²) in [5, 5.41) is 6.93. The molecule has 202 valence electrons. The maximum absolute atomic E-state index is 6.48. The third-order valence-corrected chi connectivity index (χ3v) is 8.25. The first-order valence-electron chi connectivity index (χ1n) is 14.4. The van der Waals surface area contributed by atoms with Crippen LogP contribution in [0.1, 0.15) is 0 Å². The zero-order valence-electron chi connectivity index (χ0n) is 23.1. The topological polar surface area (TPSA) is 42.4 Å². The second kappa shape index (κ2) is 9.33. The zero-order chi connectivity index (χ0) is 28.3. The minimum absolute atomic E-state index is 0.607. The Morgan fingerprint density at radius 3 is 1.98 bits per heavy atom. The minimum Gasteiger partial charge on any atom is -0.456 e. The smallest absolute Gasteiger partial charge is 0.227 e. The number of anilines is 3. The summed E-state index contributed by atoms with van der Waals surface area (Å²) in [6, 6.07) is 50.5. The van der Waals surface area contributed by atoms with Gasteiger partial charge in [-0.15, -0.1) is 0 Å². The first-order chi connectivity index (χ1) is 21.3. The van der Waals surface area contributed by atoms with Gasteiger partial charge in [-0.25, -0.2) is 4.98 Å². The Bertz CT molecular complexity index is 2460. The Morgan fingerprint density at radius 2 is 1.14 bits per heavy atom. The number of fused-ring (bicyclic) bond motifs is 7. The van der Waals surface area contributed by atoms with Gasteiger partial charge in [0, 0.05) is 45.2 Å². The molecule has 4 nitrogen and oxygen atoms in total. The summed E-state index contributed by atoms with van der Waals surface area (Å²) in [7, 11) is 0. The highest BCUT2D eigenvalue weighted by atomic mass is 16.4. The number of rotatable bonds is 4. The molecule has 0 unspecified atom stereocenters. The Morgan fingerprint density at radius 1 is 0.442 bits per heavy atom. The van der Waals surface area contributed by atoms with Crippen molar-refractivity contribution in [2.45, 2.75) is 0 Å². The summed E-state index contributed by atoms with van der Waals surface area (Å²) in [5.74, 6) is 0.607. The Hall–Kier alpha value is -5.87. The number of hydrogen-bond acceptors (Lipinski definition) is 4. The molecule has 0 spiro atoms. The first kappa shape index (κ1) is 23.8. The maximum atomic E-state index is 6.48. The molecule has 0 aliphatic heterocycles. The molecule has 0 radical (unpaired) electrons. The molecule has 43 heavy (non-hydrogen) atoms. The van der Waals surface area contributed by atoms with Gasteiger partial charge in [-0.05, 0) is 64.7 Å². The number of para-hydroxylation sites is 1. The van der Waals surface area contributed by atoms with Gasteiger partial charge in [0.25, 0.3) is 0 Å². The fourth-order valence-corrected chi connectivity index (χ4v) is 6.25. The summed E-state index contributed by atoms with van der Waals surface area (Å²) >= 11 is 0. The van der Waals surface area contributed by atoms with E-state index in [1.165, 1.54) is 21.5 Å². The van der Waals surface area contributed by atoms with Gasteiger partial charge in [0.1, 0.15) is 16.7 Å². The largest absolute Gasteiger partial charge is 0.456 e. The lowest BCUT2D eigenvalue weighted by Gasteiger charge is -2.27. The van der Waals surface area contributed by atoms with E-state index in [-0.39, 0.29) is 0 Å². The van der Waals surface area contributed by atoms with E-state index in [1.54, 1.807) is 0 Å². The van der Waals surface area contributed by atoms with Gasteiger partial charge in [-0.1, -0.05) is 84.9 Å². The van der Waals surface area contributed by atoms with E-state index < -0.39 is 0 Å². The van der Waals surface area contributed by atoms with E-state index in [0.717, 1.165) is 50.1 Å². The van der Waals surface area contributed by atoms with Crippen molar-refractivity contribution in [3.05, 3.63) is 146 Å². The Kier molecular flexibility index (Phi) is 5.16. The second-order valence-electron chi connectivity index (χ2n) is 10.8. The molecule has 0 aliphatic carbocycles. The summed E-state index contributed by atoms with van der Waals surface area (Å²) in [6.45, 7) is 0. The number of hydrogen-bond donors (Lipinski definition) is 0. The average molecular weight is 553 g/mol. The van der Waals surface area contributed by atoms with Crippen molar-refractivity contribution >= 4 is 71.6 Å². The molecule has 4 heteroatoms. The molecule has 0 saturated heterocycles. The maximum Gasteiger partial charge on any atom is 0.227 e. The average Bonchev–Trinajstić information content (AvgIpc) is 3.65. The Labute approximate surface area is 247 Å². The van der Waals surface area contributed by atoms with Gasteiger partial charge in [0.2, 0.25) is 5.89 Å². The van der Waals surface area contributed by atoms with Crippen molar-refractivity contribution in [1.29, 1.82) is 0 Å². The predicted octanol–water partition coefficient (Wildman–Crippen LogP) is 11.2. The van der Waals surface area contributed by atoms with Crippen LogP contribution in [0.4, 0.5) is 17.1 Å². The molecule has 9 rings (SSSR count). The van der Waals surface area contributed by atoms with Crippen LogP contribution in [0.25, 0.3) is 66.0 Å². The van der Waals surface area contributed by atoms with Crippen LogP contribution >= 0.6 is 0 Å². The van der Waals surface area contributed by atoms with Crippen LogP contribution in [-0.2, 0) is 0 Å². The number of aromatic nitrogens is 1. The van der Waals surface area contributed by atoms with E-state index in [4.69, 9.17) is 13.8 Å². The van der Waals surface area contributed by atoms with Crippen LogP contribution in [0.5, 0.6) is 0 Å². The van der Waals surface area contributed by atoms with Crippen LogP contribution in [0.3, 0.4) is 0 Å². The lowest BCUT2D eigenvalue weighted by molar-refractivity contribution is 0.617. The third-order valence-electron chi connectivity index (χ3n) is 8.25. The van der Waals surface area contributed by atoms with Crippen molar-refractivity contribution < 1.29 is 8.83 Å². The van der Waals surface area contributed by atoms with Crippen LogP contribution in [0.2, 0.25) is 0 Å². The summed E-state index contributed by atoms with van der Waals surface area (Å²) in [5.41, 5.74) is 7.27. The fraction of sp³-hybridized carbons (Fsp3) is 0. The van der Waals surface area contributed by atoms with Gasteiger partial charge in [0.05, 0.1) is 5.69 Å². The molecule has 0 aliphatic rings. The molecule has 0 amide bonds. The highest BCUT2D eigenvalue weighted by Crippen LogP contribution is 2.43. The predicted molar refractivity (Wildman–Crippen MR) is 176 cm³/mol. The standard InChI is InChI=1S/C39H24N2O2/c1-3-11-25(12-4-1)39-40-34-23-33-32-20-19-28(22-36(32)42-37(33)24-38(34)43-39)41(27-14-5-2-6-15-27)35-21-26-13-7-8-16-29(26)30-17-9-10-18-31(30)35/h1-24H. The second-order valence-corrected chi connectivity index (χ2v) is 10.8. The van der Waals surface area contributed by atoms with Gasteiger partial charge < -0.3 is 13.7 Å². The number of nitrogens with zero attached hydrogens (tertiary/aromatic N) is 2. The molecule has 0 bridgehead atoms. The minimum atomic E-state index is 0.607. The van der Waals surface area contributed by atoms with Crippen LogP contribution in [-0.4, -0.2) is 4.98 Å². The number of furan rings is 1. The molecule has 0 atom stereocenters. The van der Waals surface area contributed by atoms with Crippen LogP contribution in [0, 0.1) is 0 Å². The van der Waals surface area contributed by atoms with E-state index >= 15 is 0 Å². The molecular formula is C39H24N2O2. The normalized spacial score (nSPS) is 11.7. The van der Waals surface area contributed by atoms with Crippen LogP contribution < -0.4 is 4.90 Å². The van der Waals surface area contributed by atoms with E-state index in [0.29, 0.717) is 11.5 Å². The number of benzene rings is 7. The quantitative estimate of drug-likeness (QED) is 0.204. The molecule has 9 aromatic rings. The van der Waals surface area contributed by atoms with Crippen molar-refractivity contribution in [3.8, 4) is 11.5 Å². The van der Waals surface area contributed by atoms with Crippen LogP contribution in [0.15, 0.2) is 154 Å². The number of oxazole rings is 1. The van der Waals surface area contributed by atoms with Crippen molar-refractivity contribution in [3.63, 3.8) is 0 Å². The molecule has 0 saturated carbocycles. The lowest BCUT2D eigenvalue weighted by Crippen LogP contribution is -2.10. The first-order valence-corrected chi connectivity index (χ1v) is 14.4. The molecule has 0 N–H and O–H groups in total. The van der Waals surface area contributed by atoms with Gasteiger partial charge in [-0.2, -0.15) is 0 Å². The van der Waals surface area contributed by atoms with Crippen molar-refractivity contribution in [1.82, 2.24) is 4.98 Å². The third kappa shape index (κ3) is 3.81. The molecule has 0 fully saturated rings. The lowest BCUT2D eigenvalue weighted by atomic mass is 9.99. The summed E-state index contributed by atoms with van der Waals surface area (Å²) in [6.07, 6.45) is 0.